The van der Waals surface area contributed by atoms with E-state index in [-0.39, 0.29) is 0 Å². The Morgan fingerprint density at radius 1 is 1.30 bits per heavy atom. The fourth-order valence-electron chi connectivity index (χ4n) is 3.27. The number of hydrogen-bond acceptors (Lipinski definition) is 2. The van der Waals surface area contributed by atoms with E-state index in [9.17, 15) is 0 Å². The minimum Gasteiger partial charge on any atom is -0.316 e. The molecule has 1 aliphatic rings. The van der Waals surface area contributed by atoms with Gasteiger partial charge in [0.25, 0.3) is 0 Å². The first-order chi connectivity index (χ1) is 9.74. The second-order valence-corrected chi connectivity index (χ2v) is 6.36. The maximum absolute atomic E-state index is 4.41. The molecule has 1 atom stereocenters. The van der Waals surface area contributed by atoms with Gasteiger partial charge in [0.05, 0.1) is 0 Å². The molecule has 0 bridgehead atoms. The number of pyridine rings is 1. The normalized spacial score (nSPS) is 19.6. The number of rotatable bonds is 3. The molecule has 1 saturated heterocycles. The second-order valence-electron chi connectivity index (χ2n) is 6.36. The standard InChI is InChI=1S/C18H24N2/c1-13(2)18-12-20-11-16-9-14(5-6-17(16)18)8-15-4-3-7-19-10-15/h5-6,9,11-13,15,19H,3-4,7-8,10H2,1-2H3. The molecule has 0 spiro atoms. The zero-order valence-corrected chi connectivity index (χ0v) is 12.5. The summed E-state index contributed by atoms with van der Waals surface area (Å²) in [5, 5.41) is 6.15. The molecule has 0 radical (unpaired) electrons. The fraction of sp³-hybridized carbons (Fsp3) is 0.500. The number of aromatic nitrogens is 1. The van der Waals surface area contributed by atoms with Gasteiger partial charge in [-0.25, -0.2) is 0 Å². The van der Waals surface area contributed by atoms with Gasteiger partial charge in [0.15, 0.2) is 0 Å². The van der Waals surface area contributed by atoms with E-state index in [0.717, 1.165) is 5.92 Å². The molecule has 106 valence electrons. The summed E-state index contributed by atoms with van der Waals surface area (Å²) >= 11 is 0. The van der Waals surface area contributed by atoms with Crippen LogP contribution < -0.4 is 5.32 Å². The Kier molecular flexibility index (Phi) is 4.02. The van der Waals surface area contributed by atoms with E-state index in [0.29, 0.717) is 5.92 Å². The highest BCUT2D eigenvalue weighted by Gasteiger charge is 2.14. The van der Waals surface area contributed by atoms with Crippen molar-refractivity contribution in [2.45, 2.75) is 39.0 Å². The first kappa shape index (κ1) is 13.6. The summed E-state index contributed by atoms with van der Waals surface area (Å²) in [4.78, 5) is 4.41. The summed E-state index contributed by atoms with van der Waals surface area (Å²) < 4.78 is 0. The van der Waals surface area contributed by atoms with Crippen LogP contribution in [0.15, 0.2) is 30.6 Å². The van der Waals surface area contributed by atoms with E-state index in [1.807, 2.05) is 12.4 Å². The van der Waals surface area contributed by atoms with Crippen LogP contribution in [0.1, 0.15) is 43.7 Å². The van der Waals surface area contributed by atoms with Gasteiger partial charge in [-0.2, -0.15) is 0 Å². The van der Waals surface area contributed by atoms with Crippen LogP contribution in [0.25, 0.3) is 10.8 Å². The number of nitrogens with zero attached hydrogens (tertiary/aromatic N) is 1. The van der Waals surface area contributed by atoms with E-state index in [1.54, 1.807) is 0 Å². The maximum atomic E-state index is 4.41. The molecule has 1 N–H and O–H groups in total. The lowest BCUT2D eigenvalue weighted by Crippen LogP contribution is -2.30. The molecule has 1 aliphatic heterocycles. The van der Waals surface area contributed by atoms with Crippen LogP contribution in [0.2, 0.25) is 0 Å². The first-order valence-corrected chi connectivity index (χ1v) is 7.81. The van der Waals surface area contributed by atoms with Crippen molar-refractivity contribution in [2.24, 2.45) is 5.92 Å². The lowest BCUT2D eigenvalue weighted by molar-refractivity contribution is 0.376. The maximum Gasteiger partial charge on any atom is 0.0346 e. The van der Waals surface area contributed by atoms with Crippen LogP contribution in [0, 0.1) is 5.92 Å². The van der Waals surface area contributed by atoms with Gasteiger partial charge in [-0.05, 0) is 66.8 Å². The fourth-order valence-corrected chi connectivity index (χ4v) is 3.27. The van der Waals surface area contributed by atoms with Crippen LogP contribution in [0.4, 0.5) is 0 Å². The first-order valence-electron chi connectivity index (χ1n) is 7.81. The minimum absolute atomic E-state index is 0.527. The largest absolute Gasteiger partial charge is 0.316 e. The molecule has 0 amide bonds. The summed E-state index contributed by atoms with van der Waals surface area (Å²) in [6.07, 6.45) is 7.88. The molecule has 20 heavy (non-hydrogen) atoms. The molecule has 1 fully saturated rings. The van der Waals surface area contributed by atoms with E-state index >= 15 is 0 Å². The monoisotopic (exact) mass is 268 g/mol. The highest BCUT2D eigenvalue weighted by Crippen LogP contribution is 2.26. The van der Waals surface area contributed by atoms with E-state index in [1.165, 1.54) is 54.3 Å². The molecule has 1 aromatic heterocycles. The molecule has 2 heteroatoms. The molecular formula is C18H24N2. The number of piperidine rings is 1. The summed E-state index contributed by atoms with van der Waals surface area (Å²) in [6, 6.07) is 6.93. The summed E-state index contributed by atoms with van der Waals surface area (Å²) in [5.74, 6) is 1.32. The van der Waals surface area contributed by atoms with Crippen molar-refractivity contribution in [1.82, 2.24) is 10.3 Å². The Bertz CT molecular complexity index is 583. The molecule has 1 unspecified atom stereocenters. The van der Waals surface area contributed by atoms with Gasteiger partial charge in [0, 0.05) is 17.8 Å². The zero-order valence-electron chi connectivity index (χ0n) is 12.5. The predicted octanol–water partition coefficient (Wildman–Crippen LogP) is 3.90. The predicted molar refractivity (Wildman–Crippen MR) is 85.1 cm³/mol. The Labute approximate surface area is 121 Å². The average molecular weight is 268 g/mol. The van der Waals surface area contributed by atoms with Crippen LogP contribution >= 0.6 is 0 Å². The van der Waals surface area contributed by atoms with Crippen molar-refractivity contribution >= 4 is 10.8 Å². The van der Waals surface area contributed by atoms with Crippen LogP contribution in [-0.2, 0) is 6.42 Å². The van der Waals surface area contributed by atoms with Gasteiger partial charge < -0.3 is 5.32 Å². The van der Waals surface area contributed by atoms with Crippen molar-refractivity contribution in [1.29, 1.82) is 0 Å². The quantitative estimate of drug-likeness (QED) is 0.913. The molecule has 2 aromatic rings. The molecule has 0 saturated carbocycles. The van der Waals surface area contributed by atoms with Crippen LogP contribution in [0.3, 0.4) is 0 Å². The van der Waals surface area contributed by atoms with Crippen molar-refractivity contribution < 1.29 is 0 Å². The van der Waals surface area contributed by atoms with E-state index in [4.69, 9.17) is 0 Å². The Hall–Kier alpha value is -1.41. The summed E-state index contributed by atoms with van der Waals surface area (Å²) in [5.41, 5.74) is 2.81. The smallest absolute Gasteiger partial charge is 0.0346 e. The topological polar surface area (TPSA) is 24.9 Å². The van der Waals surface area contributed by atoms with Crippen molar-refractivity contribution in [3.8, 4) is 0 Å². The number of hydrogen-bond donors (Lipinski definition) is 1. The Balaban J connectivity index is 1.87. The third kappa shape index (κ3) is 2.85. The average Bonchev–Trinajstić information content (AvgIpc) is 2.47. The Morgan fingerprint density at radius 3 is 2.95 bits per heavy atom. The van der Waals surface area contributed by atoms with Crippen LogP contribution in [-0.4, -0.2) is 18.1 Å². The SMILES string of the molecule is CC(C)c1cncc2cc(CC3CCCNC3)ccc12. The van der Waals surface area contributed by atoms with Crippen molar-refractivity contribution in [3.63, 3.8) is 0 Å². The molecule has 2 nitrogen and oxygen atoms in total. The van der Waals surface area contributed by atoms with E-state index in [2.05, 4.69) is 42.3 Å². The molecule has 3 rings (SSSR count). The molecule has 1 aromatic carbocycles. The summed E-state index contributed by atoms with van der Waals surface area (Å²) in [6.45, 7) is 6.83. The van der Waals surface area contributed by atoms with Crippen molar-refractivity contribution in [3.05, 3.63) is 41.7 Å². The summed E-state index contributed by atoms with van der Waals surface area (Å²) in [7, 11) is 0. The number of nitrogens with one attached hydrogen (secondary N) is 1. The Morgan fingerprint density at radius 2 is 2.20 bits per heavy atom. The highest BCUT2D eigenvalue weighted by atomic mass is 14.9. The third-order valence-corrected chi connectivity index (χ3v) is 4.40. The number of benzene rings is 1. The van der Waals surface area contributed by atoms with Crippen LogP contribution in [0.5, 0.6) is 0 Å². The van der Waals surface area contributed by atoms with Crippen molar-refractivity contribution in [2.75, 3.05) is 13.1 Å². The minimum atomic E-state index is 0.527. The van der Waals surface area contributed by atoms with Gasteiger partial charge in [0.2, 0.25) is 0 Å². The van der Waals surface area contributed by atoms with Gasteiger partial charge >= 0.3 is 0 Å². The van der Waals surface area contributed by atoms with Gasteiger partial charge in [-0.15, -0.1) is 0 Å². The van der Waals surface area contributed by atoms with E-state index < -0.39 is 0 Å². The van der Waals surface area contributed by atoms with Gasteiger partial charge in [-0.1, -0.05) is 26.0 Å². The third-order valence-electron chi connectivity index (χ3n) is 4.40. The highest BCUT2D eigenvalue weighted by molar-refractivity contribution is 5.85. The van der Waals surface area contributed by atoms with Gasteiger partial charge in [0.1, 0.15) is 0 Å². The number of fused-ring (bicyclic) bond motifs is 1. The van der Waals surface area contributed by atoms with Gasteiger partial charge in [-0.3, -0.25) is 4.98 Å². The molecule has 2 heterocycles. The molecule has 0 aliphatic carbocycles. The lowest BCUT2D eigenvalue weighted by Gasteiger charge is -2.23. The molecular weight excluding hydrogens is 244 g/mol. The zero-order chi connectivity index (χ0) is 13.9. The second kappa shape index (κ2) is 5.92. The lowest BCUT2D eigenvalue weighted by atomic mass is 9.90.